The van der Waals surface area contributed by atoms with Gasteiger partial charge in [-0.25, -0.2) is 4.79 Å². The summed E-state index contributed by atoms with van der Waals surface area (Å²) in [5.74, 6) is 5.42. The fourth-order valence-electron chi connectivity index (χ4n) is 1.38. The number of nitrogens with zero attached hydrogens (tertiary/aromatic N) is 1. The van der Waals surface area contributed by atoms with E-state index in [0.717, 1.165) is 16.8 Å². The van der Waals surface area contributed by atoms with Gasteiger partial charge in [-0.1, -0.05) is 11.8 Å². The van der Waals surface area contributed by atoms with Crippen LogP contribution in [0.5, 0.6) is 0 Å². The lowest BCUT2D eigenvalue weighted by Gasteiger charge is -2.16. The van der Waals surface area contributed by atoms with Crippen molar-refractivity contribution in [3.05, 3.63) is 29.3 Å². The van der Waals surface area contributed by atoms with Gasteiger partial charge in [-0.2, -0.15) is 0 Å². The lowest BCUT2D eigenvalue weighted by atomic mass is 10.1. The number of anilines is 1. The molecule has 0 saturated heterocycles. The fraction of sp³-hybridized carbons (Fsp3) is 0.357. The number of aryl methyl sites for hydroxylation is 1. The fourth-order valence-corrected chi connectivity index (χ4v) is 1.38. The molecule has 0 aromatic heterocycles. The van der Waals surface area contributed by atoms with Crippen molar-refractivity contribution in [3.63, 3.8) is 0 Å². The Labute approximate surface area is 108 Å². The van der Waals surface area contributed by atoms with Gasteiger partial charge in [0.1, 0.15) is 6.61 Å². The number of urea groups is 1. The molecule has 0 unspecified atom stereocenters. The first kappa shape index (κ1) is 14.1. The Bertz CT molecular complexity index is 486. The van der Waals surface area contributed by atoms with E-state index in [2.05, 4.69) is 17.2 Å². The highest BCUT2D eigenvalue weighted by Gasteiger charge is 2.07. The van der Waals surface area contributed by atoms with Gasteiger partial charge in [-0.15, -0.1) is 0 Å². The molecule has 0 spiro atoms. The molecule has 0 saturated carbocycles. The van der Waals surface area contributed by atoms with E-state index in [-0.39, 0.29) is 12.6 Å². The molecule has 1 aromatic rings. The molecule has 0 aliphatic rings. The standard InChI is InChI=1S/C14H18N2O2/c1-4-16(3)14(18)15-13-8-7-12(6-5-9-17)10-11(13)2/h7-8,10,17H,4,9H2,1-3H3,(H,15,18). The van der Waals surface area contributed by atoms with Gasteiger partial charge < -0.3 is 15.3 Å². The topological polar surface area (TPSA) is 52.6 Å². The van der Waals surface area contributed by atoms with Crippen LogP contribution in [0.1, 0.15) is 18.1 Å². The number of carbonyl (C=O) groups is 1. The number of hydrogen-bond acceptors (Lipinski definition) is 2. The second-order valence-electron chi connectivity index (χ2n) is 3.93. The van der Waals surface area contributed by atoms with Gasteiger partial charge in [0.15, 0.2) is 0 Å². The summed E-state index contributed by atoms with van der Waals surface area (Å²) in [5, 5.41) is 11.5. The quantitative estimate of drug-likeness (QED) is 0.782. The van der Waals surface area contributed by atoms with E-state index in [4.69, 9.17) is 5.11 Å². The Balaban J connectivity index is 2.83. The van der Waals surface area contributed by atoms with Gasteiger partial charge >= 0.3 is 6.03 Å². The van der Waals surface area contributed by atoms with Gasteiger partial charge in [0.05, 0.1) is 0 Å². The van der Waals surface area contributed by atoms with E-state index in [9.17, 15) is 4.79 Å². The molecular weight excluding hydrogens is 228 g/mol. The van der Waals surface area contributed by atoms with E-state index in [1.165, 1.54) is 0 Å². The third-order valence-electron chi connectivity index (χ3n) is 2.60. The second kappa shape index (κ2) is 6.67. The molecule has 0 radical (unpaired) electrons. The molecule has 0 heterocycles. The van der Waals surface area contributed by atoms with Gasteiger partial charge in [-0.05, 0) is 37.6 Å². The third-order valence-corrected chi connectivity index (χ3v) is 2.60. The van der Waals surface area contributed by atoms with Crippen LogP contribution < -0.4 is 5.32 Å². The van der Waals surface area contributed by atoms with Crippen molar-refractivity contribution >= 4 is 11.7 Å². The molecular formula is C14H18N2O2. The number of benzene rings is 1. The molecule has 4 heteroatoms. The summed E-state index contributed by atoms with van der Waals surface area (Å²) < 4.78 is 0. The first-order valence-electron chi connectivity index (χ1n) is 5.81. The molecule has 2 N–H and O–H groups in total. The minimum absolute atomic E-state index is 0.130. The Kier molecular flexibility index (Phi) is 5.22. The summed E-state index contributed by atoms with van der Waals surface area (Å²) in [6.07, 6.45) is 0. The molecule has 0 aliphatic carbocycles. The summed E-state index contributed by atoms with van der Waals surface area (Å²) in [4.78, 5) is 13.3. The number of aliphatic hydroxyl groups excluding tert-OH is 1. The van der Waals surface area contributed by atoms with Gasteiger partial charge in [0.25, 0.3) is 0 Å². The van der Waals surface area contributed by atoms with Gasteiger partial charge in [0.2, 0.25) is 0 Å². The van der Waals surface area contributed by atoms with Gasteiger partial charge in [-0.3, -0.25) is 0 Å². The Morgan fingerprint density at radius 1 is 1.50 bits per heavy atom. The van der Waals surface area contributed by atoms with Crippen LogP contribution in [0.4, 0.5) is 10.5 Å². The zero-order valence-electron chi connectivity index (χ0n) is 10.9. The molecule has 1 rings (SSSR count). The highest BCUT2D eigenvalue weighted by molar-refractivity contribution is 5.90. The normalized spacial score (nSPS) is 9.33. The van der Waals surface area contributed by atoms with Crippen molar-refractivity contribution in [1.82, 2.24) is 4.90 Å². The van der Waals surface area contributed by atoms with E-state index in [0.29, 0.717) is 6.54 Å². The first-order chi connectivity index (χ1) is 8.58. The van der Waals surface area contributed by atoms with Crippen molar-refractivity contribution in [1.29, 1.82) is 0 Å². The zero-order valence-corrected chi connectivity index (χ0v) is 10.9. The summed E-state index contributed by atoms with van der Waals surface area (Å²) >= 11 is 0. The van der Waals surface area contributed by atoms with Crippen molar-refractivity contribution in [3.8, 4) is 11.8 Å². The first-order valence-corrected chi connectivity index (χ1v) is 5.81. The second-order valence-corrected chi connectivity index (χ2v) is 3.93. The molecule has 0 aliphatic heterocycles. The van der Waals surface area contributed by atoms with E-state index < -0.39 is 0 Å². The molecule has 2 amide bonds. The maximum absolute atomic E-state index is 11.7. The van der Waals surface area contributed by atoms with Crippen molar-refractivity contribution in [2.24, 2.45) is 0 Å². The van der Waals surface area contributed by atoms with Gasteiger partial charge in [0, 0.05) is 24.8 Å². The molecule has 4 nitrogen and oxygen atoms in total. The lowest BCUT2D eigenvalue weighted by Crippen LogP contribution is -2.31. The zero-order chi connectivity index (χ0) is 13.5. The van der Waals surface area contributed by atoms with Crippen molar-refractivity contribution in [2.75, 3.05) is 25.5 Å². The number of aliphatic hydroxyl groups is 1. The number of hydrogen-bond donors (Lipinski definition) is 2. The van der Waals surface area contributed by atoms with E-state index >= 15 is 0 Å². The van der Waals surface area contributed by atoms with E-state index in [1.807, 2.05) is 32.0 Å². The van der Waals surface area contributed by atoms with Crippen molar-refractivity contribution in [2.45, 2.75) is 13.8 Å². The third kappa shape index (κ3) is 3.79. The monoisotopic (exact) mass is 246 g/mol. The van der Waals surface area contributed by atoms with Crippen LogP contribution in [0.25, 0.3) is 0 Å². The number of nitrogens with one attached hydrogen (secondary N) is 1. The molecule has 0 atom stereocenters. The summed E-state index contributed by atoms with van der Waals surface area (Å²) in [6.45, 7) is 4.33. The maximum Gasteiger partial charge on any atom is 0.321 e. The molecule has 96 valence electrons. The Morgan fingerprint density at radius 2 is 2.22 bits per heavy atom. The minimum Gasteiger partial charge on any atom is -0.384 e. The Hall–Kier alpha value is -1.99. The maximum atomic E-state index is 11.7. The largest absolute Gasteiger partial charge is 0.384 e. The molecule has 0 bridgehead atoms. The minimum atomic E-state index is -0.154. The van der Waals surface area contributed by atoms with Crippen LogP contribution in [-0.4, -0.2) is 36.2 Å². The summed E-state index contributed by atoms with van der Waals surface area (Å²) in [6, 6.07) is 5.38. The average molecular weight is 246 g/mol. The van der Waals surface area contributed by atoms with Crippen LogP contribution in [0.3, 0.4) is 0 Å². The smallest absolute Gasteiger partial charge is 0.321 e. The SMILES string of the molecule is CCN(C)C(=O)Nc1ccc(C#CCO)cc1C. The molecule has 0 fully saturated rings. The van der Waals surface area contributed by atoms with E-state index in [1.54, 1.807) is 11.9 Å². The highest BCUT2D eigenvalue weighted by atomic mass is 16.2. The summed E-state index contributed by atoms with van der Waals surface area (Å²) in [5.41, 5.74) is 2.54. The highest BCUT2D eigenvalue weighted by Crippen LogP contribution is 2.16. The van der Waals surface area contributed by atoms with Crippen LogP contribution in [-0.2, 0) is 0 Å². The number of carbonyl (C=O) groups excluding carboxylic acids is 1. The van der Waals surface area contributed by atoms with Crippen LogP contribution in [0.15, 0.2) is 18.2 Å². The number of rotatable bonds is 2. The number of amides is 2. The predicted molar refractivity (Wildman–Crippen MR) is 72.5 cm³/mol. The van der Waals surface area contributed by atoms with Crippen LogP contribution >= 0.6 is 0 Å². The van der Waals surface area contributed by atoms with Crippen LogP contribution in [0, 0.1) is 18.8 Å². The average Bonchev–Trinajstić information content (AvgIpc) is 2.38. The molecule has 1 aromatic carbocycles. The summed E-state index contributed by atoms with van der Waals surface area (Å²) in [7, 11) is 1.74. The van der Waals surface area contributed by atoms with Crippen molar-refractivity contribution < 1.29 is 9.90 Å². The lowest BCUT2D eigenvalue weighted by molar-refractivity contribution is 0.224. The Morgan fingerprint density at radius 3 is 2.78 bits per heavy atom. The molecule has 18 heavy (non-hydrogen) atoms. The predicted octanol–water partition coefficient (Wildman–Crippen LogP) is 1.82. The van der Waals surface area contributed by atoms with Crippen LogP contribution in [0.2, 0.25) is 0 Å².